The van der Waals surface area contributed by atoms with Crippen LogP contribution in [0.15, 0.2) is 47.3 Å². The Balaban J connectivity index is 2.34. The fraction of sp³-hybridized carbons (Fsp3) is 0. The molecule has 1 N–H and O–H groups in total. The summed E-state index contributed by atoms with van der Waals surface area (Å²) >= 11 is 5.90. The van der Waals surface area contributed by atoms with Gasteiger partial charge >= 0.3 is 5.97 Å². The van der Waals surface area contributed by atoms with Crippen molar-refractivity contribution in [1.29, 1.82) is 0 Å². The molecule has 0 spiro atoms. The van der Waals surface area contributed by atoms with Crippen LogP contribution in [0.4, 0.5) is 0 Å². The molecule has 5 heteroatoms. The van der Waals surface area contributed by atoms with E-state index in [2.05, 4.69) is 4.98 Å². The number of pyridine rings is 1. The molecule has 0 radical (unpaired) electrons. The minimum atomic E-state index is -1.01. The van der Waals surface area contributed by atoms with Gasteiger partial charge in [-0.3, -0.25) is 0 Å². The molecule has 0 bridgehead atoms. The molecule has 0 atom stereocenters. The number of carboxylic acids is 1. The van der Waals surface area contributed by atoms with Crippen LogP contribution in [0.2, 0.25) is 5.02 Å². The minimum Gasteiger partial charge on any atom is -0.478 e. The Hall–Kier alpha value is -2.33. The lowest BCUT2D eigenvalue weighted by molar-refractivity contribution is 0.0699. The fourth-order valence-electron chi connectivity index (χ4n) is 1.93. The number of carboxylic acid groups (broad SMARTS) is 1. The molecule has 3 aromatic rings. The van der Waals surface area contributed by atoms with E-state index in [0.29, 0.717) is 21.6 Å². The first-order valence-corrected chi connectivity index (χ1v) is 5.89. The number of rotatable bonds is 2. The monoisotopic (exact) mass is 273 g/mol. The second-order valence-corrected chi connectivity index (χ2v) is 4.47. The molecule has 0 aliphatic heterocycles. The van der Waals surface area contributed by atoms with Crippen LogP contribution in [-0.4, -0.2) is 16.1 Å². The Labute approximate surface area is 113 Å². The number of furan rings is 1. The molecule has 2 heterocycles. The van der Waals surface area contributed by atoms with Gasteiger partial charge in [0.25, 0.3) is 0 Å². The summed E-state index contributed by atoms with van der Waals surface area (Å²) in [5.41, 5.74) is 2.05. The molecule has 1 aromatic carbocycles. The molecule has 3 rings (SSSR count). The van der Waals surface area contributed by atoms with Gasteiger partial charge < -0.3 is 9.52 Å². The van der Waals surface area contributed by atoms with E-state index in [-0.39, 0.29) is 5.56 Å². The average Bonchev–Trinajstić information content (AvgIpc) is 2.91. The van der Waals surface area contributed by atoms with Crippen LogP contribution in [0, 0.1) is 0 Å². The number of carbonyl (C=O) groups is 1. The molecule has 0 aliphatic carbocycles. The largest absolute Gasteiger partial charge is 0.478 e. The van der Waals surface area contributed by atoms with Crippen LogP contribution in [-0.2, 0) is 0 Å². The molecule has 0 aliphatic rings. The smallest absolute Gasteiger partial charge is 0.336 e. The molecule has 19 heavy (non-hydrogen) atoms. The van der Waals surface area contributed by atoms with Crippen molar-refractivity contribution in [1.82, 2.24) is 4.98 Å². The SMILES string of the molecule is O=C(O)c1cc(-c2ccoc2)nc2ccc(Cl)cc12. The second-order valence-electron chi connectivity index (χ2n) is 4.03. The van der Waals surface area contributed by atoms with Crippen molar-refractivity contribution < 1.29 is 14.3 Å². The summed E-state index contributed by atoms with van der Waals surface area (Å²) in [5.74, 6) is -1.01. The minimum absolute atomic E-state index is 0.170. The van der Waals surface area contributed by atoms with Crippen LogP contribution in [0.3, 0.4) is 0 Å². The van der Waals surface area contributed by atoms with E-state index in [1.54, 1.807) is 24.3 Å². The number of fused-ring (bicyclic) bond motifs is 1. The van der Waals surface area contributed by atoms with E-state index in [0.717, 1.165) is 5.56 Å². The molecule has 0 unspecified atom stereocenters. The maximum absolute atomic E-state index is 11.4. The molecular weight excluding hydrogens is 266 g/mol. The van der Waals surface area contributed by atoms with E-state index in [1.807, 2.05) is 0 Å². The van der Waals surface area contributed by atoms with Crippen LogP contribution in [0.1, 0.15) is 10.4 Å². The molecule has 2 aromatic heterocycles. The summed E-state index contributed by atoms with van der Waals surface area (Å²) in [4.78, 5) is 15.8. The summed E-state index contributed by atoms with van der Waals surface area (Å²) in [6, 6.07) is 8.24. The average molecular weight is 274 g/mol. The van der Waals surface area contributed by atoms with E-state index >= 15 is 0 Å². The first-order chi connectivity index (χ1) is 9.15. The number of halogens is 1. The van der Waals surface area contributed by atoms with Crippen LogP contribution in [0.5, 0.6) is 0 Å². The first-order valence-electron chi connectivity index (χ1n) is 5.51. The van der Waals surface area contributed by atoms with E-state index in [1.165, 1.54) is 18.6 Å². The second kappa shape index (κ2) is 4.40. The molecule has 94 valence electrons. The summed E-state index contributed by atoms with van der Waals surface area (Å²) in [6.07, 6.45) is 3.04. The summed E-state index contributed by atoms with van der Waals surface area (Å²) in [6.45, 7) is 0. The zero-order chi connectivity index (χ0) is 13.4. The number of benzene rings is 1. The van der Waals surface area contributed by atoms with Crippen molar-refractivity contribution in [3.63, 3.8) is 0 Å². The van der Waals surface area contributed by atoms with Crippen LogP contribution >= 0.6 is 11.6 Å². The Morgan fingerprint density at radius 1 is 1.26 bits per heavy atom. The highest BCUT2D eigenvalue weighted by Gasteiger charge is 2.13. The first kappa shape index (κ1) is 11.7. The fourth-order valence-corrected chi connectivity index (χ4v) is 2.11. The Kier molecular flexibility index (Phi) is 2.72. The normalized spacial score (nSPS) is 10.8. The van der Waals surface area contributed by atoms with Gasteiger partial charge in [-0.25, -0.2) is 9.78 Å². The predicted octanol–water partition coefficient (Wildman–Crippen LogP) is 3.85. The van der Waals surface area contributed by atoms with Crippen LogP contribution in [0.25, 0.3) is 22.2 Å². The Morgan fingerprint density at radius 3 is 2.79 bits per heavy atom. The van der Waals surface area contributed by atoms with Crippen molar-refractivity contribution in [3.8, 4) is 11.3 Å². The Bertz CT molecular complexity index is 766. The lowest BCUT2D eigenvalue weighted by Crippen LogP contribution is -2.00. The quantitative estimate of drug-likeness (QED) is 0.770. The molecule has 4 nitrogen and oxygen atoms in total. The van der Waals surface area contributed by atoms with Crippen molar-refractivity contribution in [2.45, 2.75) is 0 Å². The van der Waals surface area contributed by atoms with Gasteiger partial charge in [-0.1, -0.05) is 11.6 Å². The third-order valence-electron chi connectivity index (χ3n) is 2.82. The summed E-state index contributed by atoms with van der Waals surface area (Å²) in [5, 5.41) is 10.3. The number of hydrogen-bond acceptors (Lipinski definition) is 3. The lowest BCUT2D eigenvalue weighted by Gasteiger charge is -2.06. The highest BCUT2D eigenvalue weighted by Crippen LogP contribution is 2.27. The Morgan fingerprint density at radius 2 is 2.11 bits per heavy atom. The third-order valence-corrected chi connectivity index (χ3v) is 3.05. The number of aromatic nitrogens is 1. The van der Waals surface area contributed by atoms with Gasteiger partial charge in [0.15, 0.2) is 0 Å². The predicted molar refractivity (Wildman–Crippen MR) is 71.4 cm³/mol. The van der Waals surface area contributed by atoms with Gasteiger partial charge in [-0.15, -0.1) is 0 Å². The van der Waals surface area contributed by atoms with Gasteiger partial charge in [0.05, 0.1) is 29.3 Å². The van der Waals surface area contributed by atoms with Gasteiger partial charge in [-0.05, 0) is 30.3 Å². The van der Waals surface area contributed by atoms with E-state index in [4.69, 9.17) is 16.0 Å². The zero-order valence-corrected chi connectivity index (χ0v) is 10.4. The van der Waals surface area contributed by atoms with Crippen molar-refractivity contribution in [3.05, 3.63) is 53.4 Å². The molecule has 0 saturated heterocycles. The summed E-state index contributed by atoms with van der Waals surface area (Å²) in [7, 11) is 0. The third kappa shape index (κ3) is 2.06. The highest BCUT2D eigenvalue weighted by atomic mass is 35.5. The van der Waals surface area contributed by atoms with Gasteiger partial charge in [0.2, 0.25) is 0 Å². The van der Waals surface area contributed by atoms with Crippen molar-refractivity contribution in [2.75, 3.05) is 0 Å². The topological polar surface area (TPSA) is 63.3 Å². The standard InChI is InChI=1S/C14H8ClNO3/c15-9-1-2-12-10(5-9)11(14(17)18)6-13(16-12)8-3-4-19-7-8/h1-7H,(H,17,18). The number of aromatic carboxylic acids is 1. The van der Waals surface area contributed by atoms with Gasteiger partial charge in [0, 0.05) is 16.0 Å². The molecule has 0 amide bonds. The number of nitrogens with zero attached hydrogens (tertiary/aromatic N) is 1. The lowest BCUT2D eigenvalue weighted by atomic mass is 10.1. The van der Waals surface area contributed by atoms with Gasteiger partial charge in [-0.2, -0.15) is 0 Å². The van der Waals surface area contributed by atoms with E-state index < -0.39 is 5.97 Å². The maximum Gasteiger partial charge on any atom is 0.336 e. The molecular formula is C14H8ClNO3. The number of hydrogen-bond donors (Lipinski definition) is 1. The maximum atomic E-state index is 11.4. The zero-order valence-electron chi connectivity index (χ0n) is 9.63. The van der Waals surface area contributed by atoms with Crippen molar-refractivity contribution >= 4 is 28.5 Å². The summed E-state index contributed by atoms with van der Waals surface area (Å²) < 4.78 is 4.99. The molecule has 0 fully saturated rings. The highest BCUT2D eigenvalue weighted by molar-refractivity contribution is 6.31. The van der Waals surface area contributed by atoms with Crippen molar-refractivity contribution in [2.24, 2.45) is 0 Å². The van der Waals surface area contributed by atoms with Gasteiger partial charge in [0.1, 0.15) is 0 Å². The van der Waals surface area contributed by atoms with E-state index in [9.17, 15) is 9.90 Å². The van der Waals surface area contributed by atoms with Crippen LogP contribution < -0.4 is 0 Å². The molecule has 0 saturated carbocycles.